The topological polar surface area (TPSA) is 49.7 Å². The zero-order chi connectivity index (χ0) is 19.2. The molecule has 0 unspecified atom stereocenters. The Kier molecular flexibility index (Phi) is 6.04. The molecule has 3 rings (SSSR count). The number of ketones is 1. The Morgan fingerprint density at radius 2 is 1.74 bits per heavy atom. The molecule has 3 aromatic carbocycles. The fourth-order valence-electron chi connectivity index (χ4n) is 2.70. The Morgan fingerprint density at radius 3 is 2.48 bits per heavy atom. The number of rotatable bonds is 5. The zero-order valence-electron chi connectivity index (χ0n) is 15.3. The number of carbonyl (C=O) groups excluding carboxylic acids is 2. The van der Waals surface area contributed by atoms with Crippen molar-refractivity contribution in [1.29, 1.82) is 0 Å². The lowest BCUT2D eigenvalue weighted by molar-refractivity contribution is -0.113. The van der Waals surface area contributed by atoms with Gasteiger partial charge in [0.2, 0.25) is 6.41 Å². The third-order valence-electron chi connectivity index (χ3n) is 4.20. The van der Waals surface area contributed by atoms with Crippen LogP contribution in [0.1, 0.15) is 15.9 Å². The van der Waals surface area contributed by atoms with Gasteiger partial charge >= 0.3 is 0 Å². The minimum absolute atomic E-state index is 0.00207. The van der Waals surface area contributed by atoms with Crippen LogP contribution in [0.5, 0.6) is 0 Å². The Hall–Kier alpha value is -2.92. The number of carbonyl (C=O) groups is 2. The van der Waals surface area contributed by atoms with Crippen LogP contribution in [0.2, 0.25) is 0 Å². The molecule has 3 aromatic rings. The summed E-state index contributed by atoms with van der Waals surface area (Å²) in [6.07, 6.45) is 0.708. The van der Waals surface area contributed by atoms with Crippen molar-refractivity contribution in [2.45, 2.75) is 6.92 Å². The first-order valence-corrected chi connectivity index (χ1v) is 9.55. The Bertz CT molecular complexity index is 1000. The van der Waals surface area contributed by atoms with Crippen LogP contribution in [0.15, 0.2) is 71.7 Å². The van der Waals surface area contributed by atoms with Gasteiger partial charge in [-0.15, -0.1) is 0 Å². The van der Waals surface area contributed by atoms with Crippen LogP contribution in [0.3, 0.4) is 0 Å². The standard InChI is InChI=1S/C22H20N2O2S/c1-16-12-13-17-8-6-7-11-19(17)21(16)23-22(24(2)15-25)27-14-20(26)18-9-4-3-5-10-18/h3-13,15H,14H2,1-2H3/b23-22+. The van der Waals surface area contributed by atoms with Gasteiger partial charge in [-0.2, -0.15) is 0 Å². The predicted octanol–water partition coefficient (Wildman–Crippen LogP) is 4.84. The van der Waals surface area contributed by atoms with Gasteiger partial charge in [0.25, 0.3) is 0 Å². The summed E-state index contributed by atoms with van der Waals surface area (Å²) >= 11 is 1.26. The zero-order valence-corrected chi connectivity index (χ0v) is 16.1. The molecule has 0 bridgehead atoms. The number of hydrogen-bond acceptors (Lipinski definition) is 4. The lowest BCUT2D eigenvalue weighted by Gasteiger charge is -2.15. The molecule has 0 aliphatic heterocycles. The molecule has 0 aromatic heterocycles. The van der Waals surface area contributed by atoms with Crippen LogP contribution in [0.4, 0.5) is 5.69 Å². The van der Waals surface area contributed by atoms with E-state index < -0.39 is 0 Å². The summed E-state index contributed by atoms with van der Waals surface area (Å²) in [7, 11) is 1.65. The number of nitrogens with zero attached hydrogens (tertiary/aromatic N) is 2. The fraction of sp³-hybridized carbons (Fsp3) is 0.136. The highest BCUT2D eigenvalue weighted by molar-refractivity contribution is 8.14. The Balaban J connectivity index is 1.93. The van der Waals surface area contributed by atoms with E-state index in [4.69, 9.17) is 4.99 Å². The number of aryl methyl sites for hydroxylation is 1. The average molecular weight is 376 g/mol. The first-order chi connectivity index (χ1) is 13.1. The number of hydrogen-bond donors (Lipinski definition) is 0. The van der Waals surface area contributed by atoms with Gasteiger partial charge in [0.05, 0.1) is 11.4 Å². The summed E-state index contributed by atoms with van der Waals surface area (Å²) < 4.78 is 0. The van der Waals surface area contributed by atoms with Crippen molar-refractivity contribution >= 4 is 45.6 Å². The van der Waals surface area contributed by atoms with Crippen LogP contribution in [-0.4, -0.2) is 35.1 Å². The molecule has 0 fully saturated rings. The van der Waals surface area contributed by atoms with Gasteiger partial charge in [-0.05, 0) is 17.9 Å². The number of aliphatic imine (C=N–C) groups is 1. The quantitative estimate of drug-likeness (QED) is 0.277. The van der Waals surface area contributed by atoms with E-state index in [2.05, 4.69) is 6.07 Å². The number of thioether (sulfide) groups is 1. The molecule has 0 spiro atoms. The van der Waals surface area contributed by atoms with Gasteiger partial charge in [-0.3, -0.25) is 14.5 Å². The van der Waals surface area contributed by atoms with E-state index in [1.807, 2.05) is 55.5 Å². The molecule has 0 heterocycles. The molecule has 136 valence electrons. The molecule has 5 heteroatoms. The van der Waals surface area contributed by atoms with Gasteiger partial charge in [-0.25, -0.2) is 4.99 Å². The van der Waals surface area contributed by atoms with Crippen LogP contribution < -0.4 is 0 Å². The van der Waals surface area contributed by atoms with Crippen LogP contribution in [0, 0.1) is 6.92 Å². The maximum Gasteiger partial charge on any atom is 0.215 e. The Morgan fingerprint density at radius 1 is 1.04 bits per heavy atom. The molecule has 0 aliphatic rings. The first kappa shape index (κ1) is 18.9. The molecule has 27 heavy (non-hydrogen) atoms. The van der Waals surface area contributed by atoms with Gasteiger partial charge in [0.1, 0.15) is 0 Å². The van der Waals surface area contributed by atoms with Gasteiger partial charge in [0, 0.05) is 18.0 Å². The minimum atomic E-state index is 0.00207. The second kappa shape index (κ2) is 8.64. The molecule has 0 saturated carbocycles. The number of Topliss-reactive ketones (excluding diaryl/α,β-unsaturated/α-hetero) is 1. The van der Waals surface area contributed by atoms with Crippen LogP contribution >= 0.6 is 11.8 Å². The van der Waals surface area contributed by atoms with E-state index in [0.29, 0.717) is 17.1 Å². The molecule has 1 amide bonds. The fourth-order valence-corrected chi connectivity index (χ4v) is 3.53. The van der Waals surface area contributed by atoms with Crippen LogP contribution in [0.25, 0.3) is 10.8 Å². The van der Waals surface area contributed by atoms with Crippen molar-refractivity contribution in [1.82, 2.24) is 4.90 Å². The summed E-state index contributed by atoms with van der Waals surface area (Å²) in [5.74, 6) is 0.215. The average Bonchev–Trinajstić information content (AvgIpc) is 2.72. The highest BCUT2D eigenvalue weighted by Crippen LogP contribution is 2.31. The Labute approximate surface area is 162 Å². The highest BCUT2D eigenvalue weighted by Gasteiger charge is 2.13. The highest BCUT2D eigenvalue weighted by atomic mass is 32.2. The second-order valence-corrected chi connectivity index (χ2v) is 7.08. The number of amidine groups is 1. The number of fused-ring (bicyclic) bond motifs is 1. The third kappa shape index (κ3) is 4.44. The molecule has 0 N–H and O–H groups in total. The number of amides is 1. The van der Waals surface area contributed by atoms with Crippen LogP contribution in [-0.2, 0) is 4.79 Å². The number of benzene rings is 3. The lowest BCUT2D eigenvalue weighted by atomic mass is 10.1. The SMILES string of the molecule is Cc1ccc2ccccc2c1/N=C(/SCC(=O)c1ccccc1)N(C)C=O. The van der Waals surface area contributed by atoms with Gasteiger partial charge in [0.15, 0.2) is 11.0 Å². The smallest absolute Gasteiger partial charge is 0.215 e. The summed E-state index contributed by atoms with van der Waals surface area (Å²) in [6, 6.07) is 21.2. The molecule has 0 radical (unpaired) electrons. The van der Waals surface area contributed by atoms with E-state index in [1.165, 1.54) is 16.7 Å². The van der Waals surface area contributed by atoms with Gasteiger partial charge < -0.3 is 0 Å². The lowest BCUT2D eigenvalue weighted by Crippen LogP contribution is -2.23. The van der Waals surface area contributed by atoms with Crippen molar-refractivity contribution in [3.8, 4) is 0 Å². The summed E-state index contributed by atoms with van der Waals surface area (Å²) in [5, 5.41) is 2.60. The molecule has 4 nitrogen and oxygen atoms in total. The minimum Gasteiger partial charge on any atom is -0.297 e. The largest absolute Gasteiger partial charge is 0.297 e. The predicted molar refractivity (Wildman–Crippen MR) is 113 cm³/mol. The van der Waals surface area contributed by atoms with E-state index in [-0.39, 0.29) is 11.5 Å². The maximum atomic E-state index is 12.4. The normalized spacial score (nSPS) is 11.4. The summed E-state index contributed by atoms with van der Waals surface area (Å²) in [5.41, 5.74) is 2.48. The monoisotopic (exact) mass is 376 g/mol. The van der Waals surface area contributed by atoms with Crippen molar-refractivity contribution in [3.63, 3.8) is 0 Å². The van der Waals surface area contributed by atoms with Crippen molar-refractivity contribution < 1.29 is 9.59 Å². The molecule has 0 aliphatic carbocycles. The van der Waals surface area contributed by atoms with Crippen molar-refractivity contribution in [2.24, 2.45) is 4.99 Å². The molecule has 0 atom stereocenters. The third-order valence-corrected chi connectivity index (χ3v) is 5.24. The second-order valence-electron chi connectivity index (χ2n) is 6.14. The van der Waals surface area contributed by atoms with Crippen molar-refractivity contribution in [2.75, 3.05) is 12.8 Å². The first-order valence-electron chi connectivity index (χ1n) is 8.56. The molecule has 0 saturated heterocycles. The van der Waals surface area contributed by atoms with E-state index >= 15 is 0 Å². The summed E-state index contributed by atoms with van der Waals surface area (Å²) in [4.78, 5) is 29.9. The molecular weight excluding hydrogens is 356 g/mol. The van der Waals surface area contributed by atoms with E-state index in [9.17, 15) is 9.59 Å². The maximum absolute atomic E-state index is 12.4. The summed E-state index contributed by atoms with van der Waals surface area (Å²) in [6.45, 7) is 1.99. The van der Waals surface area contributed by atoms with Gasteiger partial charge in [-0.1, -0.05) is 78.5 Å². The van der Waals surface area contributed by atoms with Crippen molar-refractivity contribution in [3.05, 3.63) is 77.9 Å². The van der Waals surface area contributed by atoms with E-state index in [1.54, 1.807) is 19.2 Å². The molecular formula is C22H20N2O2S. The van der Waals surface area contributed by atoms with E-state index in [0.717, 1.165) is 22.0 Å².